The van der Waals surface area contributed by atoms with Crippen LogP contribution in [-0.4, -0.2) is 29.8 Å². The van der Waals surface area contributed by atoms with Gasteiger partial charge >= 0.3 is 0 Å². The lowest BCUT2D eigenvalue weighted by Gasteiger charge is -2.14. The quantitative estimate of drug-likeness (QED) is 0.747. The molecule has 2 aliphatic rings. The highest BCUT2D eigenvalue weighted by Crippen LogP contribution is 2.45. The monoisotopic (exact) mass is 341 g/mol. The molecule has 1 heterocycles. The lowest BCUT2D eigenvalue weighted by Crippen LogP contribution is -2.22. The molecule has 4 rings (SSSR count). The fraction of sp³-hybridized carbons (Fsp3) is 0.381. The topological polar surface area (TPSA) is 20.3 Å². The van der Waals surface area contributed by atoms with Gasteiger partial charge < -0.3 is 0 Å². The lowest BCUT2D eigenvalue weighted by atomic mass is 10.0. The minimum Gasteiger partial charge on any atom is -0.300 e. The number of carbonyl (C=O) groups excluding carboxylic acids is 1. The Morgan fingerprint density at radius 3 is 2.29 bits per heavy atom. The van der Waals surface area contributed by atoms with Gasteiger partial charge in [0.2, 0.25) is 0 Å². The highest BCUT2D eigenvalue weighted by molar-refractivity contribution is 5.97. The SMILES string of the molecule is Cl.O=C(Cc1ccc(C2CC2N2CCCC2)cc1)c1ccccc1. The molecule has 2 fully saturated rings. The van der Waals surface area contributed by atoms with E-state index in [1.54, 1.807) is 0 Å². The zero-order valence-corrected chi connectivity index (χ0v) is 14.7. The molecule has 0 N–H and O–H groups in total. The average Bonchev–Trinajstić information content (AvgIpc) is 3.21. The van der Waals surface area contributed by atoms with Gasteiger partial charge in [0.15, 0.2) is 5.78 Å². The van der Waals surface area contributed by atoms with Crippen LogP contribution in [0.3, 0.4) is 0 Å². The predicted octanol–water partition coefficient (Wildman–Crippen LogP) is 4.49. The Kier molecular flexibility index (Phi) is 5.37. The molecule has 2 nitrogen and oxygen atoms in total. The third kappa shape index (κ3) is 3.71. The van der Waals surface area contributed by atoms with E-state index in [-0.39, 0.29) is 18.2 Å². The zero-order valence-electron chi connectivity index (χ0n) is 13.9. The number of Topliss-reactive ketones (excluding diaryl/α,β-unsaturated/α-hetero) is 1. The van der Waals surface area contributed by atoms with E-state index < -0.39 is 0 Å². The van der Waals surface area contributed by atoms with E-state index in [4.69, 9.17) is 0 Å². The van der Waals surface area contributed by atoms with Gasteiger partial charge in [0.05, 0.1) is 0 Å². The molecule has 1 saturated carbocycles. The Morgan fingerprint density at radius 1 is 0.958 bits per heavy atom. The summed E-state index contributed by atoms with van der Waals surface area (Å²) in [6.45, 7) is 2.57. The number of carbonyl (C=O) groups is 1. The van der Waals surface area contributed by atoms with E-state index in [1.807, 2.05) is 30.3 Å². The molecule has 2 aromatic rings. The van der Waals surface area contributed by atoms with E-state index in [0.29, 0.717) is 12.3 Å². The van der Waals surface area contributed by atoms with Crippen molar-refractivity contribution in [2.45, 2.75) is 37.6 Å². The van der Waals surface area contributed by atoms with Crippen LogP contribution >= 0.6 is 12.4 Å². The van der Waals surface area contributed by atoms with Crippen LogP contribution in [0.25, 0.3) is 0 Å². The summed E-state index contributed by atoms with van der Waals surface area (Å²) >= 11 is 0. The molecule has 3 heteroatoms. The Bertz CT molecular complexity index is 677. The normalized spacial score (nSPS) is 22.8. The first-order chi connectivity index (χ1) is 11.3. The first kappa shape index (κ1) is 17.2. The van der Waals surface area contributed by atoms with Crippen molar-refractivity contribution in [2.24, 2.45) is 0 Å². The van der Waals surface area contributed by atoms with Crippen LogP contribution in [0, 0.1) is 0 Å². The number of hydrogen-bond acceptors (Lipinski definition) is 2. The summed E-state index contributed by atoms with van der Waals surface area (Å²) in [7, 11) is 0. The van der Waals surface area contributed by atoms with Crippen molar-refractivity contribution in [1.82, 2.24) is 4.90 Å². The molecular formula is C21H24ClNO. The first-order valence-corrected chi connectivity index (χ1v) is 8.72. The van der Waals surface area contributed by atoms with Crippen molar-refractivity contribution >= 4 is 18.2 Å². The van der Waals surface area contributed by atoms with Crippen molar-refractivity contribution in [3.05, 3.63) is 71.3 Å². The van der Waals surface area contributed by atoms with E-state index in [0.717, 1.165) is 17.2 Å². The first-order valence-electron chi connectivity index (χ1n) is 8.72. The number of benzene rings is 2. The van der Waals surface area contributed by atoms with Crippen LogP contribution in [0.1, 0.15) is 46.7 Å². The van der Waals surface area contributed by atoms with E-state index in [2.05, 4.69) is 29.2 Å². The number of nitrogens with zero attached hydrogens (tertiary/aromatic N) is 1. The molecule has 24 heavy (non-hydrogen) atoms. The van der Waals surface area contributed by atoms with E-state index >= 15 is 0 Å². The summed E-state index contributed by atoms with van der Waals surface area (Å²) < 4.78 is 0. The fourth-order valence-electron chi connectivity index (χ4n) is 3.81. The Morgan fingerprint density at radius 2 is 1.62 bits per heavy atom. The van der Waals surface area contributed by atoms with Crippen LogP contribution in [-0.2, 0) is 6.42 Å². The maximum Gasteiger partial charge on any atom is 0.167 e. The second kappa shape index (κ2) is 7.50. The standard InChI is InChI=1S/C21H23NO.ClH/c23-21(18-6-2-1-3-7-18)14-16-8-10-17(11-9-16)19-15-20(19)22-12-4-5-13-22;/h1-3,6-11,19-20H,4-5,12-15H2;1H. The fourth-order valence-corrected chi connectivity index (χ4v) is 3.81. The summed E-state index contributed by atoms with van der Waals surface area (Å²) in [6, 6.07) is 19.1. The average molecular weight is 342 g/mol. The van der Waals surface area contributed by atoms with Crippen molar-refractivity contribution in [1.29, 1.82) is 0 Å². The molecule has 1 aliphatic heterocycles. The lowest BCUT2D eigenvalue weighted by molar-refractivity contribution is 0.0993. The molecule has 0 spiro atoms. The van der Waals surface area contributed by atoms with Crippen molar-refractivity contribution in [3.63, 3.8) is 0 Å². The van der Waals surface area contributed by atoms with E-state index in [9.17, 15) is 4.79 Å². The summed E-state index contributed by atoms with van der Waals surface area (Å²) in [5, 5.41) is 0. The van der Waals surface area contributed by atoms with Crippen LogP contribution in [0.2, 0.25) is 0 Å². The Hall–Kier alpha value is -1.64. The molecule has 2 atom stereocenters. The number of ketones is 1. The summed E-state index contributed by atoms with van der Waals surface area (Å²) in [4.78, 5) is 14.9. The number of hydrogen-bond donors (Lipinski definition) is 0. The third-order valence-electron chi connectivity index (χ3n) is 5.23. The number of halogens is 1. The van der Waals surface area contributed by atoms with Crippen LogP contribution in [0.4, 0.5) is 0 Å². The van der Waals surface area contributed by atoms with Crippen molar-refractivity contribution < 1.29 is 4.79 Å². The predicted molar refractivity (Wildman–Crippen MR) is 100 cm³/mol. The van der Waals surface area contributed by atoms with Gasteiger partial charge in [0, 0.05) is 23.9 Å². The maximum atomic E-state index is 12.3. The molecule has 1 saturated heterocycles. The molecule has 0 bridgehead atoms. The number of likely N-dealkylation sites (tertiary alicyclic amines) is 1. The molecular weight excluding hydrogens is 318 g/mol. The minimum atomic E-state index is 0. The van der Waals surface area contributed by atoms with Crippen LogP contribution in [0.5, 0.6) is 0 Å². The van der Waals surface area contributed by atoms with Crippen LogP contribution < -0.4 is 0 Å². The van der Waals surface area contributed by atoms with Gasteiger partial charge in [0.25, 0.3) is 0 Å². The van der Waals surface area contributed by atoms with Gasteiger partial charge in [0.1, 0.15) is 0 Å². The van der Waals surface area contributed by atoms with Gasteiger partial charge in [-0.3, -0.25) is 9.69 Å². The largest absolute Gasteiger partial charge is 0.300 e. The molecule has 2 unspecified atom stereocenters. The summed E-state index contributed by atoms with van der Waals surface area (Å²) in [6.07, 6.45) is 4.53. The van der Waals surface area contributed by atoms with Gasteiger partial charge in [-0.05, 0) is 43.5 Å². The highest BCUT2D eigenvalue weighted by atomic mass is 35.5. The van der Waals surface area contributed by atoms with Crippen LogP contribution in [0.15, 0.2) is 54.6 Å². The molecule has 1 aliphatic carbocycles. The van der Waals surface area contributed by atoms with E-state index in [1.165, 1.54) is 37.9 Å². The molecule has 126 valence electrons. The van der Waals surface area contributed by atoms with Gasteiger partial charge in [-0.2, -0.15) is 0 Å². The van der Waals surface area contributed by atoms with Crippen molar-refractivity contribution in [3.8, 4) is 0 Å². The molecule has 0 radical (unpaired) electrons. The maximum absolute atomic E-state index is 12.3. The zero-order chi connectivity index (χ0) is 15.6. The molecule has 2 aromatic carbocycles. The Labute approximate surface area is 150 Å². The van der Waals surface area contributed by atoms with Gasteiger partial charge in [-0.15, -0.1) is 12.4 Å². The minimum absolute atomic E-state index is 0. The molecule has 0 aromatic heterocycles. The Balaban J connectivity index is 0.00000169. The second-order valence-corrected chi connectivity index (χ2v) is 6.86. The highest BCUT2D eigenvalue weighted by Gasteiger charge is 2.43. The third-order valence-corrected chi connectivity index (χ3v) is 5.23. The number of rotatable bonds is 5. The van der Waals surface area contributed by atoms with Crippen molar-refractivity contribution in [2.75, 3.05) is 13.1 Å². The second-order valence-electron chi connectivity index (χ2n) is 6.86. The molecule has 0 amide bonds. The smallest absolute Gasteiger partial charge is 0.167 e. The van der Waals surface area contributed by atoms with Gasteiger partial charge in [-0.25, -0.2) is 0 Å². The summed E-state index contributed by atoms with van der Waals surface area (Å²) in [5.41, 5.74) is 3.35. The van der Waals surface area contributed by atoms with Gasteiger partial charge in [-0.1, -0.05) is 54.6 Å². The summed E-state index contributed by atoms with van der Waals surface area (Å²) in [5.74, 6) is 0.909.